The standard InChI is InChI=1S/C22H28N2O6/c1-13-9-17(27-3)19(29-5)11-15(13)21(25)23-7-8-24-22(26)16-12-20(30-6)18(28-4)10-14(16)2/h9-12H,7-8H2,1-6H3,(H,23,25)(H,24,26). The van der Waals surface area contributed by atoms with Gasteiger partial charge in [-0.15, -0.1) is 0 Å². The van der Waals surface area contributed by atoms with Gasteiger partial charge in [-0.1, -0.05) is 0 Å². The second kappa shape index (κ2) is 10.4. The number of hydrogen-bond acceptors (Lipinski definition) is 6. The van der Waals surface area contributed by atoms with E-state index in [1.54, 1.807) is 38.5 Å². The van der Waals surface area contributed by atoms with Crippen LogP contribution in [0.5, 0.6) is 23.0 Å². The molecule has 0 aliphatic heterocycles. The monoisotopic (exact) mass is 416 g/mol. The zero-order valence-electron chi connectivity index (χ0n) is 18.2. The zero-order valence-corrected chi connectivity index (χ0v) is 18.2. The normalized spacial score (nSPS) is 10.2. The summed E-state index contributed by atoms with van der Waals surface area (Å²) in [6, 6.07) is 6.76. The Balaban J connectivity index is 1.97. The molecular weight excluding hydrogens is 388 g/mol. The third-order valence-corrected chi connectivity index (χ3v) is 4.65. The van der Waals surface area contributed by atoms with Gasteiger partial charge in [0.25, 0.3) is 11.8 Å². The van der Waals surface area contributed by atoms with Gasteiger partial charge in [0.05, 0.1) is 28.4 Å². The molecule has 0 spiro atoms. The van der Waals surface area contributed by atoms with Crippen LogP contribution in [0, 0.1) is 13.8 Å². The molecule has 30 heavy (non-hydrogen) atoms. The Morgan fingerprint density at radius 1 is 0.633 bits per heavy atom. The van der Waals surface area contributed by atoms with Crippen LogP contribution in [0.3, 0.4) is 0 Å². The molecular formula is C22H28N2O6. The molecule has 162 valence electrons. The van der Waals surface area contributed by atoms with E-state index in [4.69, 9.17) is 18.9 Å². The van der Waals surface area contributed by atoms with Crippen molar-refractivity contribution in [3.63, 3.8) is 0 Å². The molecule has 0 heterocycles. The van der Waals surface area contributed by atoms with Crippen LogP contribution in [0.1, 0.15) is 31.8 Å². The Labute approximate surface area is 176 Å². The van der Waals surface area contributed by atoms with Crippen LogP contribution >= 0.6 is 0 Å². The number of nitrogens with one attached hydrogen (secondary N) is 2. The van der Waals surface area contributed by atoms with Crippen molar-refractivity contribution in [2.45, 2.75) is 13.8 Å². The van der Waals surface area contributed by atoms with E-state index in [0.29, 0.717) is 34.1 Å². The average molecular weight is 416 g/mol. The Morgan fingerprint density at radius 3 is 1.23 bits per heavy atom. The van der Waals surface area contributed by atoms with E-state index in [1.807, 2.05) is 13.8 Å². The Morgan fingerprint density at radius 2 is 0.933 bits per heavy atom. The lowest BCUT2D eigenvalue weighted by molar-refractivity contribution is 0.0926. The highest BCUT2D eigenvalue weighted by atomic mass is 16.5. The summed E-state index contributed by atoms with van der Waals surface area (Å²) < 4.78 is 21.0. The molecule has 0 saturated carbocycles. The van der Waals surface area contributed by atoms with Crippen LogP contribution in [-0.4, -0.2) is 53.3 Å². The van der Waals surface area contributed by atoms with Gasteiger partial charge in [0, 0.05) is 24.2 Å². The molecule has 2 aromatic rings. The number of carbonyl (C=O) groups excluding carboxylic acids is 2. The van der Waals surface area contributed by atoms with E-state index >= 15 is 0 Å². The van der Waals surface area contributed by atoms with E-state index in [0.717, 1.165) is 11.1 Å². The molecule has 0 bridgehead atoms. The molecule has 0 aliphatic carbocycles. The number of aryl methyl sites for hydroxylation is 2. The number of methoxy groups -OCH3 is 4. The second-order valence-corrected chi connectivity index (χ2v) is 6.56. The van der Waals surface area contributed by atoms with Gasteiger partial charge in [-0.05, 0) is 49.2 Å². The highest BCUT2D eigenvalue weighted by Gasteiger charge is 2.16. The second-order valence-electron chi connectivity index (χ2n) is 6.56. The largest absolute Gasteiger partial charge is 0.493 e. The van der Waals surface area contributed by atoms with Gasteiger partial charge in [0.2, 0.25) is 0 Å². The minimum Gasteiger partial charge on any atom is -0.493 e. The minimum absolute atomic E-state index is 0.259. The third kappa shape index (κ3) is 5.14. The topological polar surface area (TPSA) is 95.1 Å². The van der Waals surface area contributed by atoms with Crippen LogP contribution in [0.25, 0.3) is 0 Å². The molecule has 2 rings (SSSR count). The summed E-state index contributed by atoms with van der Waals surface area (Å²) in [7, 11) is 6.11. The Bertz CT molecular complexity index is 851. The van der Waals surface area contributed by atoms with Gasteiger partial charge in [-0.25, -0.2) is 0 Å². The fourth-order valence-electron chi connectivity index (χ4n) is 2.99. The van der Waals surface area contributed by atoms with Crippen molar-refractivity contribution in [1.29, 1.82) is 0 Å². The first kappa shape index (κ1) is 22.9. The first-order valence-electron chi connectivity index (χ1n) is 9.37. The lowest BCUT2D eigenvalue weighted by Crippen LogP contribution is -2.35. The third-order valence-electron chi connectivity index (χ3n) is 4.65. The van der Waals surface area contributed by atoms with Crippen molar-refractivity contribution in [1.82, 2.24) is 10.6 Å². The Hall–Kier alpha value is -3.42. The molecule has 2 aromatic carbocycles. The summed E-state index contributed by atoms with van der Waals surface area (Å²) in [6.07, 6.45) is 0. The predicted octanol–water partition coefficient (Wildman–Crippen LogP) is 2.50. The summed E-state index contributed by atoms with van der Waals surface area (Å²) in [5, 5.41) is 5.59. The van der Waals surface area contributed by atoms with Crippen molar-refractivity contribution < 1.29 is 28.5 Å². The van der Waals surface area contributed by atoms with Crippen LogP contribution in [-0.2, 0) is 0 Å². The van der Waals surface area contributed by atoms with Crippen molar-refractivity contribution >= 4 is 11.8 Å². The maximum atomic E-state index is 12.5. The van der Waals surface area contributed by atoms with Gasteiger partial charge in [-0.2, -0.15) is 0 Å². The van der Waals surface area contributed by atoms with Crippen LogP contribution in [0.4, 0.5) is 0 Å². The number of ether oxygens (including phenoxy) is 4. The number of amides is 2. The SMILES string of the molecule is COc1cc(C)c(C(=O)NCCNC(=O)c2cc(OC)c(OC)cc2C)cc1OC. The predicted molar refractivity (Wildman–Crippen MR) is 113 cm³/mol. The maximum Gasteiger partial charge on any atom is 0.251 e. The van der Waals surface area contributed by atoms with Gasteiger partial charge >= 0.3 is 0 Å². The number of hydrogen-bond donors (Lipinski definition) is 2. The molecule has 2 N–H and O–H groups in total. The first-order chi connectivity index (χ1) is 14.4. The van der Waals surface area contributed by atoms with E-state index in [2.05, 4.69) is 10.6 Å². The van der Waals surface area contributed by atoms with E-state index in [-0.39, 0.29) is 24.9 Å². The fourth-order valence-corrected chi connectivity index (χ4v) is 2.99. The molecule has 0 fully saturated rings. The highest BCUT2D eigenvalue weighted by molar-refractivity contribution is 5.97. The Kier molecular flexibility index (Phi) is 7.91. The van der Waals surface area contributed by atoms with Crippen molar-refractivity contribution in [3.05, 3.63) is 46.5 Å². The summed E-state index contributed by atoms with van der Waals surface area (Å²) in [5.41, 5.74) is 2.48. The molecule has 0 unspecified atom stereocenters. The molecule has 2 amide bonds. The molecule has 0 saturated heterocycles. The fraction of sp³-hybridized carbons (Fsp3) is 0.364. The summed E-state index contributed by atoms with van der Waals surface area (Å²) in [6.45, 7) is 4.17. The number of benzene rings is 2. The van der Waals surface area contributed by atoms with Gasteiger partial charge < -0.3 is 29.6 Å². The molecule has 0 aromatic heterocycles. The lowest BCUT2D eigenvalue weighted by Gasteiger charge is -2.14. The highest BCUT2D eigenvalue weighted by Crippen LogP contribution is 2.31. The molecule has 8 heteroatoms. The van der Waals surface area contributed by atoms with Gasteiger partial charge in [-0.3, -0.25) is 9.59 Å². The van der Waals surface area contributed by atoms with E-state index < -0.39 is 0 Å². The number of carbonyl (C=O) groups is 2. The lowest BCUT2D eigenvalue weighted by atomic mass is 10.1. The van der Waals surface area contributed by atoms with Gasteiger partial charge in [0.1, 0.15) is 0 Å². The van der Waals surface area contributed by atoms with Gasteiger partial charge in [0.15, 0.2) is 23.0 Å². The van der Waals surface area contributed by atoms with Crippen molar-refractivity contribution in [2.75, 3.05) is 41.5 Å². The molecule has 8 nitrogen and oxygen atoms in total. The molecule has 0 atom stereocenters. The first-order valence-corrected chi connectivity index (χ1v) is 9.37. The average Bonchev–Trinajstić information content (AvgIpc) is 2.75. The van der Waals surface area contributed by atoms with Crippen molar-refractivity contribution in [2.24, 2.45) is 0 Å². The van der Waals surface area contributed by atoms with E-state index in [1.165, 1.54) is 14.2 Å². The zero-order chi connectivity index (χ0) is 22.3. The minimum atomic E-state index is -0.259. The quantitative estimate of drug-likeness (QED) is 0.610. The van der Waals surface area contributed by atoms with Crippen molar-refractivity contribution in [3.8, 4) is 23.0 Å². The van der Waals surface area contributed by atoms with E-state index in [9.17, 15) is 9.59 Å². The van der Waals surface area contributed by atoms with Crippen LogP contribution < -0.4 is 29.6 Å². The number of rotatable bonds is 9. The smallest absolute Gasteiger partial charge is 0.251 e. The summed E-state index contributed by atoms with van der Waals surface area (Å²) >= 11 is 0. The summed E-state index contributed by atoms with van der Waals surface area (Å²) in [5.74, 6) is 1.55. The van der Waals surface area contributed by atoms with Crippen LogP contribution in [0.15, 0.2) is 24.3 Å². The maximum absolute atomic E-state index is 12.5. The molecule has 0 radical (unpaired) electrons. The summed E-state index contributed by atoms with van der Waals surface area (Å²) in [4.78, 5) is 25.0. The van der Waals surface area contributed by atoms with Crippen LogP contribution in [0.2, 0.25) is 0 Å². The molecule has 0 aliphatic rings.